The van der Waals surface area contributed by atoms with Crippen molar-refractivity contribution in [2.75, 3.05) is 39.5 Å². The van der Waals surface area contributed by atoms with E-state index < -0.39 is 7.59 Å². The van der Waals surface area contributed by atoms with Crippen LogP contribution in [0.4, 0.5) is 0 Å². The molecule has 0 aliphatic rings. The van der Waals surface area contributed by atoms with Crippen molar-refractivity contribution >= 4 is 69.6 Å². The minimum atomic E-state index is -1.95. The number of alkyl halides is 6. The zero-order valence-corrected chi connectivity index (χ0v) is 16.6. The van der Waals surface area contributed by atoms with E-state index in [0.717, 1.165) is 0 Å². The summed E-state index contributed by atoms with van der Waals surface area (Å²) in [5.41, 5.74) is 0. The molecule has 0 fully saturated rings. The summed E-state index contributed by atoms with van der Waals surface area (Å²) in [6.07, 6.45) is 0. The van der Waals surface area contributed by atoms with Crippen molar-refractivity contribution < 1.29 is 14.9 Å². The molecule has 0 saturated carbocycles. The molecule has 1 heterocycles. The topological polar surface area (TPSA) is 91.6 Å². The van der Waals surface area contributed by atoms with Crippen molar-refractivity contribution in [2.24, 2.45) is 0 Å². The van der Waals surface area contributed by atoms with Crippen LogP contribution in [0.15, 0.2) is 0 Å². The molecule has 13 heteroatoms. The first-order valence-corrected chi connectivity index (χ1v) is 8.82. The highest BCUT2D eigenvalue weighted by molar-refractivity contribution is 6.67. The fraction of sp³-hybridized carbons (Fsp3) is 0.727. The highest BCUT2D eigenvalue weighted by Crippen LogP contribution is 2.40. The molecule has 24 heavy (non-hydrogen) atoms. The van der Waals surface area contributed by atoms with Gasteiger partial charge in [0.15, 0.2) is 11.6 Å². The van der Waals surface area contributed by atoms with Gasteiger partial charge in [0, 0.05) is 19.6 Å². The molecule has 0 saturated heterocycles. The molecule has 0 radical (unpaired) electrons. The zero-order chi connectivity index (χ0) is 18.4. The first-order chi connectivity index (χ1) is 11.1. The van der Waals surface area contributed by atoms with E-state index in [2.05, 4.69) is 15.0 Å². The maximum atomic E-state index is 8.95. The Hall–Kier alpha value is 0.430. The lowest BCUT2D eigenvalue weighted by Gasteiger charge is -2.20. The van der Waals surface area contributed by atoms with E-state index in [-0.39, 0.29) is 37.5 Å². The lowest BCUT2D eigenvalue weighted by atomic mass is 10.4. The summed E-state index contributed by atoms with van der Waals surface area (Å²) >= 11 is 34.5. The van der Waals surface area contributed by atoms with E-state index in [9.17, 15) is 0 Å². The van der Waals surface area contributed by atoms with Gasteiger partial charge in [0.05, 0.1) is 13.2 Å². The number of ether oxygens (including phenoxy) is 1. The van der Waals surface area contributed by atoms with Gasteiger partial charge in [-0.05, 0) is 0 Å². The van der Waals surface area contributed by atoms with Gasteiger partial charge in [-0.2, -0.15) is 9.97 Å². The molecule has 7 nitrogen and oxygen atoms in total. The monoisotopic (exact) mass is 460 g/mol. The van der Waals surface area contributed by atoms with Gasteiger partial charge in [-0.3, -0.25) is 4.90 Å². The van der Waals surface area contributed by atoms with Gasteiger partial charge in [0.1, 0.15) is 6.61 Å². The van der Waals surface area contributed by atoms with E-state index in [4.69, 9.17) is 84.6 Å². The van der Waals surface area contributed by atoms with Crippen molar-refractivity contribution in [2.45, 2.75) is 7.59 Å². The number of aliphatic hydroxyl groups excluding tert-OH is 2. The van der Waals surface area contributed by atoms with Crippen LogP contribution in [0.3, 0.4) is 0 Å². The molecule has 0 amide bonds. The lowest BCUT2D eigenvalue weighted by Crippen LogP contribution is -2.33. The molecule has 1 aromatic heterocycles. The number of hydrogen-bond donors (Lipinski definition) is 2. The molecule has 0 aromatic carbocycles. The summed E-state index contributed by atoms with van der Waals surface area (Å²) in [5, 5.41) is 17.9. The Bertz CT molecular complexity index is 487. The summed E-state index contributed by atoms with van der Waals surface area (Å²) in [5.74, 6) is -0.497. The first-order valence-electron chi connectivity index (χ1n) is 6.55. The van der Waals surface area contributed by atoms with Crippen molar-refractivity contribution in [3.63, 3.8) is 0 Å². The fourth-order valence-electron chi connectivity index (χ4n) is 1.56. The molecule has 0 aliphatic heterocycles. The number of halogens is 6. The number of hydrogen-bond acceptors (Lipinski definition) is 7. The number of aliphatic hydroxyl groups is 2. The standard InChI is InChI=1S/C11H14Cl6N4O3/c12-10(13,14)7-18-8(11(15,16)17)20-9(19-7)24-6-3-21(1-4-22)2-5-23/h22-23H,1-6H2. The predicted octanol–water partition coefficient (Wildman–Crippen LogP) is 2.19. The lowest BCUT2D eigenvalue weighted by molar-refractivity contribution is 0.138. The van der Waals surface area contributed by atoms with Crippen molar-refractivity contribution in [3.8, 4) is 6.01 Å². The maximum Gasteiger partial charge on any atom is 0.320 e. The second-order valence-electron chi connectivity index (χ2n) is 4.40. The van der Waals surface area contributed by atoms with Crippen LogP contribution < -0.4 is 4.74 Å². The van der Waals surface area contributed by atoms with Gasteiger partial charge in [-0.25, -0.2) is 4.98 Å². The molecule has 0 spiro atoms. The maximum absolute atomic E-state index is 8.95. The summed E-state index contributed by atoms with van der Waals surface area (Å²) in [6.45, 7) is 1.16. The third-order valence-electron chi connectivity index (χ3n) is 2.59. The van der Waals surface area contributed by atoms with Gasteiger partial charge in [0.25, 0.3) is 0 Å². The molecule has 138 valence electrons. The van der Waals surface area contributed by atoms with Crippen molar-refractivity contribution in [1.82, 2.24) is 19.9 Å². The molecule has 0 atom stereocenters. The Morgan fingerprint density at radius 2 is 1.25 bits per heavy atom. The van der Waals surface area contributed by atoms with Crippen molar-refractivity contribution in [3.05, 3.63) is 11.6 Å². The SMILES string of the molecule is OCCN(CCO)CCOc1nc(C(Cl)(Cl)Cl)nc(C(Cl)(Cl)Cl)n1. The molecule has 0 bridgehead atoms. The largest absolute Gasteiger partial charge is 0.462 e. The van der Waals surface area contributed by atoms with Crippen LogP contribution >= 0.6 is 69.6 Å². The minimum absolute atomic E-state index is 0.0550. The molecule has 2 N–H and O–H groups in total. The average Bonchev–Trinajstić information content (AvgIpc) is 2.45. The van der Waals surface area contributed by atoms with E-state index in [1.165, 1.54) is 0 Å². The Kier molecular flexibility index (Phi) is 9.31. The van der Waals surface area contributed by atoms with E-state index in [1.807, 2.05) is 0 Å². The quantitative estimate of drug-likeness (QED) is 0.572. The van der Waals surface area contributed by atoms with Crippen LogP contribution in [0.2, 0.25) is 0 Å². The summed E-state index contributed by atoms with van der Waals surface area (Å²) in [6, 6.07) is -0.180. The van der Waals surface area contributed by atoms with Crippen LogP contribution in [0.1, 0.15) is 11.6 Å². The van der Waals surface area contributed by atoms with E-state index in [0.29, 0.717) is 19.6 Å². The molecule has 1 rings (SSSR count). The molecular weight excluding hydrogens is 449 g/mol. The molecule has 0 aliphatic carbocycles. The van der Waals surface area contributed by atoms with Crippen LogP contribution in [-0.2, 0) is 7.59 Å². The smallest absolute Gasteiger partial charge is 0.320 e. The average molecular weight is 463 g/mol. The zero-order valence-electron chi connectivity index (χ0n) is 12.1. The van der Waals surface area contributed by atoms with Gasteiger partial charge in [-0.15, -0.1) is 0 Å². The highest BCUT2D eigenvalue weighted by Gasteiger charge is 2.34. The van der Waals surface area contributed by atoms with Gasteiger partial charge < -0.3 is 14.9 Å². The third-order valence-corrected chi connectivity index (χ3v) is 3.61. The van der Waals surface area contributed by atoms with Gasteiger partial charge in [0.2, 0.25) is 7.59 Å². The summed E-state index contributed by atoms with van der Waals surface area (Å²) in [4.78, 5) is 13.3. The predicted molar refractivity (Wildman–Crippen MR) is 94.4 cm³/mol. The second-order valence-corrected chi connectivity index (χ2v) is 8.96. The van der Waals surface area contributed by atoms with E-state index >= 15 is 0 Å². The second kappa shape index (κ2) is 9.94. The highest BCUT2D eigenvalue weighted by atomic mass is 35.6. The Morgan fingerprint density at radius 1 is 0.792 bits per heavy atom. The molecular formula is C11H14Cl6N4O3. The Morgan fingerprint density at radius 3 is 1.62 bits per heavy atom. The van der Waals surface area contributed by atoms with Crippen LogP contribution in [0, 0.1) is 0 Å². The first kappa shape index (κ1) is 22.5. The van der Waals surface area contributed by atoms with Crippen molar-refractivity contribution in [1.29, 1.82) is 0 Å². The van der Waals surface area contributed by atoms with Gasteiger partial charge >= 0.3 is 6.01 Å². The van der Waals surface area contributed by atoms with E-state index in [1.54, 1.807) is 4.90 Å². The van der Waals surface area contributed by atoms with Gasteiger partial charge in [-0.1, -0.05) is 69.6 Å². The van der Waals surface area contributed by atoms with Crippen LogP contribution in [0.5, 0.6) is 6.01 Å². The van der Waals surface area contributed by atoms with Crippen LogP contribution in [-0.4, -0.2) is 69.5 Å². The molecule has 1 aromatic rings. The number of nitrogens with zero attached hydrogens (tertiary/aromatic N) is 4. The fourth-order valence-corrected chi connectivity index (χ4v) is 2.07. The number of aromatic nitrogens is 3. The van der Waals surface area contributed by atoms with Crippen LogP contribution in [0.25, 0.3) is 0 Å². The summed E-state index contributed by atoms with van der Waals surface area (Å²) in [7, 11) is 0. The minimum Gasteiger partial charge on any atom is -0.462 e. The molecule has 0 unspecified atom stereocenters. The third kappa shape index (κ3) is 7.76. The number of rotatable bonds is 8. The normalized spacial score (nSPS) is 12.7. The Labute approximate surface area is 168 Å². The summed E-state index contributed by atoms with van der Waals surface area (Å²) < 4.78 is 1.48. The Balaban J connectivity index is 2.87.